The molecule has 140 valence electrons. The lowest BCUT2D eigenvalue weighted by molar-refractivity contribution is -0.139. The molecule has 0 heterocycles. The third kappa shape index (κ3) is 7.03. The second kappa shape index (κ2) is 10.4. The molecule has 0 saturated heterocycles. The maximum Gasteiger partial charge on any atom is 0.341 e. The molecule has 0 bridgehead atoms. The number of allylic oxidation sites excluding steroid dienone is 1. The summed E-state index contributed by atoms with van der Waals surface area (Å²) in [5.41, 5.74) is 4.05. The maximum atomic E-state index is 11.8. The van der Waals surface area contributed by atoms with Crippen LogP contribution >= 0.6 is 0 Å². The topological polar surface area (TPSA) is 97.2 Å². The van der Waals surface area contributed by atoms with Gasteiger partial charge in [-0.3, -0.25) is 4.79 Å². The smallest absolute Gasteiger partial charge is 0.341 e. The summed E-state index contributed by atoms with van der Waals surface area (Å²) >= 11 is 0. The molecule has 0 fully saturated rings. The fourth-order valence-corrected chi connectivity index (χ4v) is 2.12. The van der Waals surface area contributed by atoms with Gasteiger partial charge in [-0.1, -0.05) is 24.3 Å². The Morgan fingerprint density at radius 3 is 2.52 bits per heavy atom. The number of carbonyl (C=O) groups excluding carboxylic acids is 1. The molecule has 0 aliphatic carbocycles. The van der Waals surface area contributed by atoms with Crippen LogP contribution in [0.15, 0.2) is 66.3 Å². The van der Waals surface area contributed by atoms with Crippen LogP contribution in [0.4, 0.5) is 0 Å². The van der Waals surface area contributed by atoms with Gasteiger partial charge < -0.3 is 14.6 Å². The average molecular weight is 368 g/mol. The molecular weight excluding hydrogens is 348 g/mol. The minimum absolute atomic E-state index is 0.159. The van der Waals surface area contributed by atoms with Crippen molar-refractivity contribution in [2.45, 2.75) is 6.42 Å². The van der Waals surface area contributed by atoms with Gasteiger partial charge in [0.25, 0.3) is 5.91 Å². The molecule has 1 amide bonds. The van der Waals surface area contributed by atoms with Gasteiger partial charge in [0.05, 0.1) is 6.21 Å². The van der Waals surface area contributed by atoms with Crippen LogP contribution in [0.5, 0.6) is 11.5 Å². The summed E-state index contributed by atoms with van der Waals surface area (Å²) in [5, 5.41) is 12.4. The van der Waals surface area contributed by atoms with Crippen LogP contribution in [-0.4, -0.2) is 36.4 Å². The minimum Gasteiger partial charge on any atom is -0.483 e. The minimum atomic E-state index is -1.04. The molecular formula is C20H20N2O5. The number of carboxylic acid groups (broad SMARTS) is 1. The second-order valence-corrected chi connectivity index (χ2v) is 5.43. The number of para-hydroxylation sites is 1. The molecule has 2 N–H and O–H groups in total. The first-order valence-electron chi connectivity index (χ1n) is 8.16. The van der Waals surface area contributed by atoms with Gasteiger partial charge in [0, 0.05) is 0 Å². The Kier molecular flexibility index (Phi) is 7.59. The number of carbonyl (C=O) groups is 2. The van der Waals surface area contributed by atoms with E-state index in [1.807, 2.05) is 18.2 Å². The summed E-state index contributed by atoms with van der Waals surface area (Å²) in [7, 11) is 0. The summed E-state index contributed by atoms with van der Waals surface area (Å²) in [6.07, 6.45) is 3.89. The van der Waals surface area contributed by atoms with E-state index in [9.17, 15) is 9.59 Å². The van der Waals surface area contributed by atoms with Crippen LogP contribution in [-0.2, 0) is 16.0 Å². The van der Waals surface area contributed by atoms with Gasteiger partial charge >= 0.3 is 5.97 Å². The first-order chi connectivity index (χ1) is 13.1. The zero-order valence-electron chi connectivity index (χ0n) is 14.6. The van der Waals surface area contributed by atoms with Crippen LogP contribution in [0.3, 0.4) is 0 Å². The first kappa shape index (κ1) is 19.7. The van der Waals surface area contributed by atoms with Crippen molar-refractivity contribution in [2.24, 2.45) is 5.10 Å². The lowest BCUT2D eigenvalue weighted by Gasteiger charge is -2.09. The molecule has 0 aliphatic heterocycles. The normalized spacial score (nSPS) is 10.4. The maximum absolute atomic E-state index is 11.8. The van der Waals surface area contributed by atoms with Crippen LogP contribution in [0, 0.1) is 0 Å². The predicted octanol–water partition coefficient (Wildman–Crippen LogP) is 2.41. The summed E-state index contributed by atoms with van der Waals surface area (Å²) in [6, 6.07) is 14.1. The van der Waals surface area contributed by atoms with E-state index >= 15 is 0 Å². The summed E-state index contributed by atoms with van der Waals surface area (Å²) < 4.78 is 10.5. The number of benzene rings is 2. The first-order valence-corrected chi connectivity index (χ1v) is 8.16. The van der Waals surface area contributed by atoms with Crippen molar-refractivity contribution in [1.29, 1.82) is 0 Å². The zero-order valence-corrected chi connectivity index (χ0v) is 14.6. The Labute approximate surface area is 156 Å². The second-order valence-electron chi connectivity index (χ2n) is 5.43. The Hall–Kier alpha value is -3.61. The number of hydrogen-bond acceptors (Lipinski definition) is 5. The number of hydrogen-bond donors (Lipinski definition) is 2. The molecule has 0 aliphatic rings. The number of carboxylic acids is 1. The molecule has 2 rings (SSSR count). The Bertz CT molecular complexity index is 815. The summed E-state index contributed by atoms with van der Waals surface area (Å²) in [6.45, 7) is 3.13. The number of hydrazone groups is 1. The van der Waals surface area contributed by atoms with Gasteiger partial charge in [0.2, 0.25) is 0 Å². The third-order valence-electron chi connectivity index (χ3n) is 3.34. The van der Waals surface area contributed by atoms with E-state index in [-0.39, 0.29) is 12.5 Å². The largest absolute Gasteiger partial charge is 0.483 e. The molecule has 0 saturated carbocycles. The van der Waals surface area contributed by atoms with Crippen molar-refractivity contribution < 1.29 is 24.2 Å². The number of rotatable bonds is 10. The fourth-order valence-electron chi connectivity index (χ4n) is 2.12. The van der Waals surface area contributed by atoms with E-state index < -0.39 is 12.6 Å². The van der Waals surface area contributed by atoms with Gasteiger partial charge in [-0.05, 0) is 47.9 Å². The summed E-state index contributed by atoms with van der Waals surface area (Å²) in [4.78, 5) is 22.3. The van der Waals surface area contributed by atoms with Crippen molar-refractivity contribution in [3.05, 3.63) is 72.3 Å². The van der Waals surface area contributed by atoms with Gasteiger partial charge in [0.15, 0.2) is 13.2 Å². The molecule has 0 radical (unpaired) electrons. The van der Waals surface area contributed by atoms with E-state index in [4.69, 9.17) is 14.6 Å². The van der Waals surface area contributed by atoms with Crippen molar-refractivity contribution in [3.8, 4) is 11.5 Å². The highest BCUT2D eigenvalue weighted by molar-refractivity contribution is 5.83. The average Bonchev–Trinajstić information content (AvgIpc) is 2.67. The number of amides is 1. The van der Waals surface area contributed by atoms with Crippen LogP contribution in [0.2, 0.25) is 0 Å². The van der Waals surface area contributed by atoms with E-state index in [2.05, 4.69) is 17.1 Å². The van der Waals surface area contributed by atoms with E-state index in [1.54, 1.807) is 36.4 Å². The van der Waals surface area contributed by atoms with Crippen molar-refractivity contribution in [2.75, 3.05) is 13.2 Å². The van der Waals surface area contributed by atoms with E-state index in [0.29, 0.717) is 17.9 Å². The molecule has 0 atom stereocenters. The molecule has 7 nitrogen and oxygen atoms in total. The van der Waals surface area contributed by atoms with Crippen LogP contribution in [0.25, 0.3) is 0 Å². The lowest BCUT2D eigenvalue weighted by atomic mass is 10.1. The standard InChI is InChI=1S/C20H20N2O5/c1-2-5-16-6-3-4-7-18(16)27-13-19(23)22-21-12-15-8-10-17(11-9-15)26-14-20(24)25/h2-4,6-12H,1,5,13-14H2,(H,22,23)(H,24,25)/b21-12-. The molecule has 2 aromatic carbocycles. The van der Waals surface area contributed by atoms with Gasteiger partial charge in [-0.2, -0.15) is 5.10 Å². The van der Waals surface area contributed by atoms with Crippen molar-refractivity contribution >= 4 is 18.1 Å². The Morgan fingerprint density at radius 1 is 1.07 bits per heavy atom. The highest BCUT2D eigenvalue weighted by Crippen LogP contribution is 2.18. The van der Waals surface area contributed by atoms with Crippen molar-refractivity contribution in [3.63, 3.8) is 0 Å². The molecule has 0 aromatic heterocycles. The fraction of sp³-hybridized carbons (Fsp3) is 0.150. The van der Waals surface area contributed by atoms with Crippen molar-refractivity contribution in [1.82, 2.24) is 5.43 Å². The summed E-state index contributed by atoms with van der Waals surface area (Å²) in [5.74, 6) is -0.364. The third-order valence-corrected chi connectivity index (χ3v) is 3.34. The van der Waals surface area contributed by atoms with Crippen LogP contribution in [0.1, 0.15) is 11.1 Å². The molecule has 27 heavy (non-hydrogen) atoms. The Morgan fingerprint density at radius 2 is 1.81 bits per heavy atom. The number of ether oxygens (including phenoxy) is 2. The molecule has 2 aromatic rings. The van der Waals surface area contributed by atoms with E-state index in [1.165, 1.54) is 6.21 Å². The van der Waals surface area contributed by atoms with Crippen LogP contribution < -0.4 is 14.9 Å². The number of nitrogens with one attached hydrogen (secondary N) is 1. The quantitative estimate of drug-likeness (QED) is 0.381. The highest BCUT2D eigenvalue weighted by atomic mass is 16.5. The zero-order chi connectivity index (χ0) is 19.5. The Balaban J connectivity index is 1.79. The highest BCUT2D eigenvalue weighted by Gasteiger charge is 2.05. The SMILES string of the molecule is C=CCc1ccccc1OCC(=O)N/N=C\c1ccc(OCC(=O)O)cc1. The number of aliphatic carboxylic acids is 1. The van der Waals surface area contributed by atoms with Gasteiger partial charge in [-0.25, -0.2) is 10.2 Å². The monoisotopic (exact) mass is 368 g/mol. The van der Waals surface area contributed by atoms with E-state index in [0.717, 1.165) is 11.1 Å². The number of nitrogens with zero attached hydrogens (tertiary/aromatic N) is 1. The van der Waals surface area contributed by atoms with Gasteiger partial charge in [0.1, 0.15) is 11.5 Å². The molecule has 7 heteroatoms. The lowest BCUT2D eigenvalue weighted by Crippen LogP contribution is -2.24. The van der Waals surface area contributed by atoms with Gasteiger partial charge in [-0.15, -0.1) is 6.58 Å². The molecule has 0 spiro atoms. The molecule has 0 unspecified atom stereocenters. The predicted molar refractivity (Wildman–Crippen MR) is 101 cm³/mol.